The number of nitrogens with one attached hydrogen (secondary N) is 1. The van der Waals surface area contributed by atoms with Gasteiger partial charge in [0, 0.05) is 0 Å². The molecule has 0 radical (unpaired) electrons. The van der Waals surface area contributed by atoms with Crippen molar-refractivity contribution in [1.82, 2.24) is 9.69 Å². The Morgan fingerprint density at radius 2 is 2.39 bits per heavy atom. The normalized spacial score (nSPS) is 37.3. The van der Waals surface area contributed by atoms with Gasteiger partial charge < -0.3 is 5.32 Å². The lowest BCUT2D eigenvalue weighted by Crippen LogP contribution is -2.47. The Labute approximate surface area is 108 Å². The SMILES string of the molecule is Cc1cc(N2C(=O)NC3(CCC4CC43)C2=O)sn1. The highest BCUT2D eigenvalue weighted by Crippen LogP contribution is 2.59. The van der Waals surface area contributed by atoms with Crippen LogP contribution in [0, 0.1) is 18.8 Å². The summed E-state index contributed by atoms with van der Waals surface area (Å²) in [5, 5.41) is 3.58. The zero-order valence-corrected chi connectivity index (χ0v) is 10.8. The Morgan fingerprint density at radius 1 is 1.56 bits per heavy atom. The van der Waals surface area contributed by atoms with Crippen molar-refractivity contribution in [1.29, 1.82) is 0 Å². The molecule has 18 heavy (non-hydrogen) atoms. The smallest absolute Gasteiger partial charge is 0.322 e. The molecule has 5 nitrogen and oxygen atoms in total. The molecule has 6 heteroatoms. The molecule has 3 unspecified atom stereocenters. The van der Waals surface area contributed by atoms with E-state index in [2.05, 4.69) is 9.69 Å². The molecule has 3 amide bonds. The standard InChI is InChI=1S/C12H13N3O2S/c1-6-4-9(18-14-6)15-10(16)12(13-11(15)17)3-2-7-5-8(7)12/h4,7-8H,2-3,5H2,1H3,(H,13,17). The van der Waals surface area contributed by atoms with E-state index in [0.717, 1.165) is 25.0 Å². The second kappa shape index (κ2) is 3.12. The lowest BCUT2D eigenvalue weighted by molar-refractivity contribution is -0.122. The lowest BCUT2D eigenvalue weighted by atomic mass is 9.93. The number of hydrogen-bond donors (Lipinski definition) is 1. The number of hydrogen-bond acceptors (Lipinski definition) is 4. The third kappa shape index (κ3) is 1.14. The van der Waals surface area contributed by atoms with Gasteiger partial charge >= 0.3 is 6.03 Å². The number of rotatable bonds is 1. The van der Waals surface area contributed by atoms with Gasteiger partial charge in [-0.1, -0.05) is 0 Å². The molecule has 3 aliphatic rings. The van der Waals surface area contributed by atoms with Crippen molar-refractivity contribution in [3.8, 4) is 0 Å². The highest BCUT2D eigenvalue weighted by molar-refractivity contribution is 7.10. The van der Waals surface area contributed by atoms with Gasteiger partial charge in [-0.05, 0) is 55.6 Å². The van der Waals surface area contributed by atoms with Crippen molar-refractivity contribution < 1.29 is 9.59 Å². The van der Waals surface area contributed by atoms with E-state index in [-0.39, 0.29) is 11.9 Å². The van der Waals surface area contributed by atoms with Crippen LogP contribution in [0.5, 0.6) is 0 Å². The van der Waals surface area contributed by atoms with Crippen LogP contribution in [0.25, 0.3) is 0 Å². The van der Waals surface area contributed by atoms with Crippen LogP contribution in [-0.4, -0.2) is 21.9 Å². The summed E-state index contributed by atoms with van der Waals surface area (Å²) in [4.78, 5) is 26.0. The van der Waals surface area contributed by atoms with Crippen LogP contribution in [0.3, 0.4) is 0 Å². The lowest BCUT2D eigenvalue weighted by Gasteiger charge is -2.22. The first-order valence-corrected chi connectivity index (χ1v) is 6.99. The molecule has 1 aromatic rings. The maximum absolute atomic E-state index is 12.6. The van der Waals surface area contributed by atoms with Crippen molar-refractivity contribution in [2.24, 2.45) is 11.8 Å². The number of carbonyl (C=O) groups excluding carboxylic acids is 2. The molecule has 1 aromatic heterocycles. The third-order valence-electron chi connectivity index (χ3n) is 4.42. The Hall–Kier alpha value is -1.43. The number of anilines is 1. The van der Waals surface area contributed by atoms with E-state index in [1.807, 2.05) is 6.92 Å². The molecule has 94 valence electrons. The molecule has 1 saturated heterocycles. The quantitative estimate of drug-likeness (QED) is 0.784. The minimum absolute atomic E-state index is 0.0684. The van der Waals surface area contributed by atoms with Crippen LogP contribution in [-0.2, 0) is 4.79 Å². The number of aryl methyl sites for hydroxylation is 1. The van der Waals surface area contributed by atoms with E-state index in [4.69, 9.17) is 0 Å². The number of imide groups is 1. The first kappa shape index (κ1) is 10.5. The Morgan fingerprint density at radius 3 is 2.94 bits per heavy atom. The summed E-state index contributed by atoms with van der Waals surface area (Å²) < 4.78 is 4.14. The first-order chi connectivity index (χ1) is 8.62. The predicted octanol–water partition coefficient (Wildman–Crippen LogP) is 1.68. The van der Waals surface area contributed by atoms with Gasteiger partial charge in [0.05, 0.1) is 5.69 Å². The van der Waals surface area contributed by atoms with Gasteiger partial charge in [-0.25, -0.2) is 9.69 Å². The fraction of sp³-hybridized carbons (Fsp3) is 0.583. The van der Waals surface area contributed by atoms with Gasteiger partial charge in [0.25, 0.3) is 5.91 Å². The number of urea groups is 1. The van der Waals surface area contributed by atoms with Gasteiger partial charge in [-0.15, -0.1) is 0 Å². The minimum atomic E-state index is -0.598. The molecule has 1 N–H and O–H groups in total. The van der Waals surface area contributed by atoms with E-state index in [0.29, 0.717) is 16.8 Å². The first-order valence-electron chi connectivity index (χ1n) is 6.22. The number of aromatic nitrogens is 1. The zero-order chi connectivity index (χ0) is 12.5. The maximum atomic E-state index is 12.6. The summed E-state index contributed by atoms with van der Waals surface area (Å²) in [5.74, 6) is 0.950. The predicted molar refractivity (Wildman–Crippen MR) is 66.4 cm³/mol. The molecule has 1 aliphatic heterocycles. The van der Waals surface area contributed by atoms with Gasteiger partial charge in [0.2, 0.25) is 0 Å². The molecule has 0 aromatic carbocycles. The van der Waals surface area contributed by atoms with Crippen molar-refractivity contribution in [2.45, 2.75) is 31.7 Å². The molecule has 2 aliphatic carbocycles. The second-order valence-corrected chi connectivity index (χ2v) is 6.27. The van der Waals surface area contributed by atoms with E-state index in [1.54, 1.807) is 6.07 Å². The zero-order valence-electron chi connectivity index (χ0n) is 9.97. The van der Waals surface area contributed by atoms with Crippen LogP contribution in [0.2, 0.25) is 0 Å². The van der Waals surface area contributed by atoms with Crippen molar-refractivity contribution in [3.05, 3.63) is 11.8 Å². The van der Waals surface area contributed by atoms with Gasteiger partial charge in [-0.3, -0.25) is 4.79 Å². The highest BCUT2D eigenvalue weighted by Gasteiger charge is 2.67. The van der Waals surface area contributed by atoms with Crippen LogP contribution >= 0.6 is 11.5 Å². The monoisotopic (exact) mass is 263 g/mol. The topological polar surface area (TPSA) is 62.3 Å². The van der Waals surface area contributed by atoms with Crippen LogP contribution in [0.4, 0.5) is 9.80 Å². The van der Waals surface area contributed by atoms with E-state index in [9.17, 15) is 9.59 Å². The highest BCUT2D eigenvalue weighted by atomic mass is 32.1. The molecule has 0 bridgehead atoms. The fourth-order valence-corrected chi connectivity index (χ4v) is 4.20. The molecular formula is C12H13N3O2S. The summed E-state index contributed by atoms with van der Waals surface area (Å²) >= 11 is 1.21. The molecule has 4 rings (SSSR count). The molecule has 3 atom stereocenters. The van der Waals surface area contributed by atoms with Crippen molar-refractivity contribution in [2.75, 3.05) is 4.90 Å². The molecule has 2 saturated carbocycles. The van der Waals surface area contributed by atoms with Crippen molar-refractivity contribution >= 4 is 28.5 Å². The van der Waals surface area contributed by atoms with Gasteiger partial charge in [0.1, 0.15) is 10.5 Å². The Bertz CT molecular complexity index is 569. The summed E-state index contributed by atoms with van der Waals surface area (Å²) in [6, 6.07) is 1.51. The van der Waals surface area contributed by atoms with Gasteiger partial charge in [0.15, 0.2) is 0 Å². The van der Waals surface area contributed by atoms with E-state index in [1.165, 1.54) is 16.4 Å². The molecule has 1 spiro atoms. The van der Waals surface area contributed by atoms with Crippen LogP contribution < -0.4 is 10.2 Å². The summed E-state index contributed by atoms with van der Waals surface area (Å²) in [6.07, 6.45) is 2.94. The number of amides is 3. The third-order valence-corrected chi connectivity index (χ3v) is 5.29. The molecule has 3 fully saturated rings. The van der Waals surface area contributed by atoms with Crippen LogP contribution in [0.1, 0.15) is 25.0 Å². The Balaban J connectivity index is 1.74. The number of carbonyl (C=O) groups is 2. The summed E-state index contributed by atoms with van der Waals surface area (Å²) in [7, 11) is 0. The summed E-state index contributed by atoms with van der Waals surface area (Å²) in [5.41, 5.74) is 0.242. The molecule has 2 heterocycles. The van der Waals surface area contributed by atoms with E-state index >= 15 is 0 Å². The molecular weight excluding hydrogens is 250 g/mol. The van der Waals surface area contributed by atoms with Gasteiger partial charge in [-0.2, -0.15) is 4.37 Å². The van der Waals surface area contributed by atoms with E-state index < -0.39 is 5.54 Å². The minimum Gasteiger partial charge on any atom is -0.322 e. The Kier molecular flexibility index (Phi) is 1.82. The summed E-state index contributed by atoms with van der Waals surface area (Å²) in [6.45, 7) is 1.86. The fourth-order valence-electron chi connectivity index (χ4n) is 3.44. The second-order valence-electron chi connectivity index (χ2n) is 5.49. The number of nitrogens with zero attached hydrogens (tertiary/aromatic N) is 2. The largest absolute Gasteiger partial charge is 0.330 e. The average molecular weight is 263 g/mol. The maximum Gasteiger partial charge on any atom is 0.330 e. The van der Waals surface area contributed by atoms with Crippen LogP contribution in [0.15, 0.2) is 6.07 Å². The van der Waals surface area contributed by atoms with Crippen molar-refractivity contribution in [3.63, 3.8) is 0 Å². The number of fused-ring (bicyclic) bond motifs is 2. The average Bonchev–Trinajstić information content (AvgIpc) is 2.77.